The Morgan fingerprint density at radius 1 is 1.00 bits per heavy atom. The first-order valence-electron chi connectivity index (χ1n) is 7.24. The zero-order valence-corrected chi connectivity index (χ0v) is 12.4. The summed E-state index contributed by atoms with van der Waals surface area (Å²) in [6.07, 6.45) is 3.33. The van der Waals surface area contributed by atoms with Gasteiger partial charge in [0.15, 0.2) is 11.6 Å². The van der Waals surface area contributed by atoms with Gasteiger partial charge in [-0.3, -0.25) is 0 Å². The Kier molecular flexibility index (Phi) is 5.48. The van der Waals surface area contributed by atoms with Crippen molar-refractivity contribution in [1.29, 1.82) is 5.26 Å². The molecule has 2 aromatic rings. The summed E-state index contributed by atoms with van der Waals surface area (Å²) in [5.41, 5.74) is 1.80. The van der Waals surface area contributed by atoms with E-state index in [1.165, 1.54) is 17.7 Å². The van der Waals surface area contributed by atoms with Crippen LogP contribution in [0.1, 0.15) is 36.5 Å². The van der Waals surface area contributed by atoms with Gasteiger partial charge in [-0.25, -0.2) is 4.39 Å². The second-order valence-corrected chi connectivity index (χ2v) is 5.06. The third-order valence-electron chi connectivity index (χ3n) is 3.40. The Labute approximate surface area is 129 Å². The molecule has 0 unspecified atom stereocenters. The van der Waals surface area contributed by atoms with Gasteiger partial charge < -0.3 is 4.74 Å². The fraction of sp³-hybridized carbons (Fsp3) is 0.278. The molecule has 0 N–H and O–H groups in total. The Hall–Kier alpha value is -2.41. The number of benzene rings is 2. The maximum Gasteiger partial charge on any atom is 0.202 e. The summed E-state index contributed by atoms with van der Waals surface area (Å²) in [6, 6.07) is 11.9. The molecule has 0 aliphatic carbocycles. The third-order valence-corrected chi connectivity index (χ3v) is 3.40. The van der Waals surface area contributed by atoms with Crippen molar-refractivity contribution in [2.45, 2.75) is 32.8 Å². The van der Waals surface area contributed by atoms with Gasteiger partial charge in [0.05, 0.1) is 5.56 Å². The lowest BCUT2D eigenvalue weighted by atomic mass is 10.1. The summed E-state index contributed by atoms with van der Waals surface area (Å²) in [6.45, 7) is 2.30. The number of nitrogens with zero attached hydrogens (tertiary/aromatic N) is 1. The van der Waals surface area contributed by atoms with Crippen molar-refractivity contribution in [3.8, 4) is 11.8 Å². The van der Waals surface area contributed by atoms with E-state index in [1.807, 2.05) is 24.3 Å². The monoisotopic (exact) mass is 301 g/mol. The number of aryl methyl sites for hydroxylation is 1. The molecular weight excluding hydrogens is 284 g/mol. The second kappa shape index (κ2) is 7.56. The SMILES string of the molecule is CCCCc1ccc(COc2ccc(C#N)c(F)c2F)cc1. The van der Waals surface area contributed by atoms with Crippen LogP contribution in [0.15, 0.2) is 36.4 Å². The highest BCUT2D eigenvalue weighted by molar-refractivity contribution is 5.37. The second-order valence-electron chi connectivity index (χ2n) is 5.06. The predicted octanol–water partition coefficient (Wildman–Crippen LogP) is 4.76. The molecule has 0 spiro atoms. The zero-order valence-electron chi connectivity index (χ0n) is 12.4. The summed E-state index contributed by atoms with van der Waals surface area (Å²) < 4.78 is 32.5. The number of hydrogen-bond donors (Lipinski definition) is 0. The molecule has 0 fully saturated rings. The van der Waals surface area contributed by atoms with Crippen LogP contribution in [-0.2, 0) is 13.0 Å². The largest absolute Gasteiger partial charge is 0.486 e. The molecule has 0 aliphatic heterocycles. The minimum absolute atomic E-state index is 0.149. The zero-order chi connectivity index (χ0) is 15.9. The minimum Gasteiger partial charge on any atom is -0.486 e. The maximum absolute atomic E-state index is 13.7. The van der Waals surface area contributed by atoms with E-state index < -0.39 is 11.6 Å². The summed E-state index contributed by atoms with van der Waals surface area (Å²) in [7, 11) is 0. The van der Waals surface area contributed by atoms with Crippen molar-refractivity contribution in [3.63, 3.8) is 0 Å². The normalized spacial score (nSPS) is 10.3. The molecule has 0 aliphatic rings. The lowest BCUT2D eigenvalue weighted by molar-refractivity contribution is 0.284. The Morgan fingerprint density at radius 2 is 1.68 bits per heavy atom. The van der Waals surface area contributed by atoms with Gasteiger partial charge in [0.1, 0.15) is 12.7 Å². The molecule has 0 bridgehead atoms. The number of nitriles is 1. The van der Waals surface area contributed by atoms with Gasteiger partial charge >= 0.3 is 0 Å². The first-order valence-corrected chi connectivity index (χ1v) is 7.24. The first kappa shape index (κ1) is 16.0. The van der Waals surface area contributed by atoms with Crippen LogP contribution in [0.5, 0.6) is 5.75 Å². The highest BCUT2D eigenvalue weighted by Gasteiger charge is 2.14. The molecule has 114 valence electrons. The van der Waals surface area contributed by atoms with E-state index in [0.29, 0.717) is 0 Å². The van der Waals surface area contributed by atoms with Gasteiger partial charge in [-0.2, -0.15) is 9.65 Å². The molecule has 0 heterocycles. The smallest absolute Gasteiger partial charge is 0.202 e. The number of rotatable bonds is 6. The van der Waals surface area contributed by atoms with Crippen LogP contribution in [-0.4, -0.2) is 0 Å². The van der Waals surface area contributed by atoms with E-state index in [1.54, 1.807) is 6.07 Å². The van der Waals surface area contributed by atoms with E-state index >= 15 is 0 Å². The average molecular weight is 301 g/mol. The molecule has 22 heavy (non-hydrogen) atoms. The van der Waals surface area contributed by atoms with E-state index in [0.717, 1.165) is 24.8 Å². The van der Waals surface area contributed by atoms with Gasteiger partial charge in [-0.05, 0) is 36.1 Å². The van der Waals surface area contributed by atoms with Crippen LogP contribution in [0.25, 0.3) is 0 Å². The number of ether oxygens (including phenoxy) is 1. The molecule has 0 amide bonds. The fourth-order valence-corrected chi connectivity index (χ4v) is 2.07. The van der Waals surface area contributed by atoms with E-state index in [-0.39, 0.29) is 17.9 Å². The van der Waals surface area contributed by atoms with Gasteiger partial charge in [-0.1, -0.05) is 37.6 Å². The minimum atomic E-state index is -1.17. The molecule has 2 aromatic carbocycles. The molecule has 4 heteroatoms. The van der Waals surface area contributed by atoms with Crippen LogP contribution >= 0.6 is 0 Å². The van der Waals surface area contributed by atoms with Crippen LogP contribution in [0.2, 0.25) is 0 Å². The molecule has 0 aromatic heterocycles. The van der Waals surface area contributed by atoms with Gasteiger partial charge in [0, 0.05) is 0 Å². The molecule has 0 radical (unpaired) electrons. The average Bonchev–Trinajstić information content (AvgIpc) is 2.55. The van der Waals surface area contributed by atoms with Crippen molar-refractivity contribution < 1.29 is 13.5 Å². The summed E-state index contributed by atoms with van der Waals surface area (Å²) in [4.78, 5) is 0. The van der Waals surface area contributed by atoms with Crippen LogP contribution in [0, 0.1) is 23.0 Å². The Morgan fingerprint density at radius 3 is 2.32 bits per heavy atom. The van der Waals surface area contributed by atoms with Gasteiger partial charge in [0.2, 0.25) is 5.82 Å². The van der Waals surface area contributed by atoms with Crippen molar-refractivity contribution in [2.75, 3.05) is 0 Å². The molecular formula is C18H17F2NO. The van der Waals surface area contributed by atoms with Gasteiger partial charge in [0.25, 0.3) is 0 Å². The van der Waals surface area contributed by atoms with E-state index in [4.69, 9.17) is 10.00 Å². The van der Waals surface area contributed by atoms with E-state index in [2.05, 4.69) is 6.92 Å². The van der Waals surface area contributed by atoms with Crippen LogP contribution < -0.4 is 4.74 Å². The molecule has 2 rings (SSSR count). The van der Waals surface area contributed by atoms with Crippen LogP contribution in [0.3, 0.4) is 0 Å². The lowest BCUT2D eigenvalue weighted by Gasteiger charge is -2.09. The maximum atomic E-state index is 13.7. The highest BCUT2D eigenvalue weighted by atomic mass is 19.2. The standard InChI is InChI=1S/C18H17F2NO/c1-2-3-4-13-5-7-14(8-6-13)12-22-16-10-9-15(11-21)17(19)18(16)20/h5-10H,2-4,12H2,1H3. The topological polar surface area (TPSA) is 33.0 Å². The van der Waals surface area contributed by atoms with Crippen molar-refractivity contribution in [3.05, 3.63) is 64.7 Å². The van der Waals surface area contributed by atoms with Gasteiger partial charge in [-0.15, -0.1) is 0 Å². The quantitative estimate of drug-likeness (QED) is 0.770. The molecule has 0 saturated carbocycles. The number of halogens is 2. The summed E-state index contributed by atoms with van der Waals surface area (Å²) in [5, 5.41) is 8.63. The van der Waals surface area contributed by atoms with Crippen LogP contribution in [0.4, 0.5) is 8.78 Å². The predicted molar refractivity (Wildman–Crippen MR) is 80.5 cm³/mol. The molecule has 2 nitrogen and oxygen atoms in total. The third kappa shape index (κ3) is 3.82. The Balaban J connectivity index is 2.01. The van der Waals surface area contributed by atoms with Crippen molar-refractivity contribution >= 4 is 0 Å². The fourth-order valence-electron chi connectivity index (χ4n) is 2.07. The van der Waals surface area contributed by atoms with Crippen molar-refractivity contribution in [1.82, 2.24) is 0 Å². The Bertz CT molecular complexity index is 675. The molecule has 0 atom stereocenters. The molecule has 0 saturated heterocycles. The number of unbranched alkanes of at least 4 members (excludes halogenated alkanes) is 1. The first-order chi connectivity index (χ1) is 10.7. The summed E-state index contributed by atoms with van der Waals surface area (Å²) in [5.74, 6) is -2.49. The number of hydrogen-bond acceptors (Lipinski definition) is 2. The lowest BCUT2D eigenvalue weighted by Crippen LogP contribution is -2.00. The highest BCUT2D eigenvalue weighted by Crippen LogP contribution is 2.23. The van der Waals surface area contributed by atoms with E-state index in [9.17, 15) is 8.78 Å². The van der Waals surface area contributed by atoms with Crippen molar-refractivity contribution in [2.24, 2.45) is 0 Å². The summed E-state index contributed by atoms with van der Waals surface area (Å²) >= 11 is 0.